The smallest absolute Gasteiger partial charge is 0.401 e. The number of hydrogen-bond donors (Lipinski definition) is 1. The lowest BCUT2D eigenvalue weighted by atomic mass is 10.2. The minimum absolute atomic E-state index is 0.133. The van der Waals surface area contributed by atoms with Gasteiger partial charge in [0.1, 0.15) is 21.5 Å². The SMILES string of the molecule is O=C(/C=C/c1ccc([N+](=O)[O-])o1)Nc1nn(Cc2cccc(F)c2)cc1Cl. The number of nitro groups is 1. The normalized spacial score (nSPS) is 11.0. The molecule has 0 aliphatic rings. The fourth-order valence-corrected chi connectivity index (χ4v) is 2.43. The van der Waals surface area contributed by atoms with Crippen molar-refractivity contribution in [1.29, 1.82) is 0 Å². The van der Waals surface area contributed by atoms with Gasteiger partial charge in [0, 0.05) is 12.3 Å². The molecule has 0 aliphatic heterocycles. The zero-order valence-electron chi connectivity index (χ0n) is 13.6. The molecule has 1 amide bonds. The van der Waals surface area contributed by atoms with Crippen molar-refractivity contribution in [3.63, 3.8) is 0 Å². The molecule has 1 aromatic carbocycles. The van der Waals surface area contributed by atoms with Gasteiger partial charge in [-0.2, -0.15) is 5.10 Å². The number of nitrogens with one attached hydrogen (secondary N) is 1. The Labute approximate surface area is 157 Å². The molecule has 3 aromatic rings. The van der Waals surface area contributed by atoms with Gasteiger partial charge in [-0.25, -0.2) is 4.39 Å². The number of carbonyl (C=O) groups is 1. The number of benzene rings is 1. The van der Waals surface area contributed by atoms with E-state index < -0.39 is 16.7 Å². The molecule has 0 atom stereocenters. The van der Waals surface area contributed by atoms with Crippen LogP contribution < -0.4 is 5.32 Å². The summed E-state index contributed by atoms with van der Waals surface area (Å²) in [6.45, 7) is 0.277. The molecule has 138 valence electrons. The third-order valence-corrected chi connectivity index (χ3v) is 3.66. The molecular formula is C17H12ClFN4O4. The van der Waals surface area contributed by atoms with Gasteiger partial charge in [0.15, 0.2) is 5.82 Å². The Hall–Kier alpha value is -3.46. The largest absolute Gasteiger partial charge is 0.433 e. The Bertz CT molecular complexity index is 1030. The molecule has 0 saturated carbocycles. The summed E-state index contributed by atoms with van der Waals surface area (Å²) in [4.78, 5) is 21.8. The van der Waals surface area contributed by atoms with Gasteiger partial charge in [-0.05, 0) is 29.8 Å². The van der Waals surface area contributed by atoms with E-state index in [1.54, 1.807) is 12.1 Å². The first-order chi connectivity index (χ1) is 12.9. The zero-order chi connectivity index (χ0) is 19.4. The summed E-state index contributed by atoms with van der Waals surface area (Å²) in [6.07, 6.45) is 3.91. The molecular weight excluding hydrogens is 379 g/mol. The maximum Gasteiger partial charge on any atom is 0.433 e. The third kappa shape index (κ3) is 4.79. The Morgan fingerprint density at radius 1 is 1.41 bits per heavy atom. The van der Waals surface area contributed by atoms with Crippen LogP contribution in [0.3, 0.4) is 0 Å². The highest BCUT2D eigenvalue weighted by Gasteiger charge is 2.12. The highest BCUT2D eigenvalue weighted by Crippen LogP contribution is 2.21. The number of amides is 1. The summed E-state index contributed by atoms with van der Waals surface area (Å²) in [6, 6.07) is 8.58. The first kappa shape index (κ1) is 18.3. The van der Waals surface area contributed by atoms with Crippen LogP contribution in [0.2, 0.25) is 5.02 Å². The van der Waals surface area contributed by atoms with Crippen LogP contribution in [0.5, 0.6) is 0 Å². The minimum Gasteiger partial charge on any atom is -0.401 e. The van der Waals surface area contributed by atoms with Crippen LogP contribution in [-0.4, -0.2) is 20.6 Å². The Kier molecular flexibility index (Phi) is 5.32. The molecule has 2 aromatic heterocycles. The Balaban J connectivity index is 1.64. The summed E-state index contributed by atoms with van der Waals surface area (Å²) in [7, 11) is 0. The lowest BCUT2D eigenvalue weighted by Crippen LogP contribution is -2.09. The number of hydrogen-bond acceptors (Lipinski definition) is 5. The van der Waals surface area contributed by atoms with Gasteiger partial charge in [0.2, 0.25) is 5.91 Å². The highest BCUT2D eigenvalue weighted by atomic mass is 35.5. The molecule has 0 saturated heterocycles. The van der Waals surface area contributed by atoms with E-state index in [0.29, 0.717) is 5.56 Å². The summed E-state index contributed by atoms with van der Waals surface area (Å²) >= 11 is 6.05. The average Bonchev–Trinajstić information content (AvgIpc) is 3.20. The van der Waals surface area contributed by atoms with E-state index in [1.165, 1.54) is 41.2 Å². The van der Waals surface area contributed by atoms with Gasteiger partial charge in [-0.1, -0.05) is 23.7 Å². The molecule has 0 bridgehead atoms. The molecule has 3 rings (SSSR count). The van der Waals surface area contributed by atoms with Crippen molar-refractivity contribution in [3.05, 3.63) is 80.9 Å². The van der Waals surface area contributed by atoms with Crippen molar-refractivity contribution in [1.82, 2.24) is 9.78 Å². The third-order valence-electron chi connectivity index (χ3n) is 3.38. The van der Waals surface area contributed by atoms with Gasteiger partial charge < -0.3 is 9.73 Å². The fraction of sp³-hybridized carbons (Fsp3) is 0.0588. The monoisotopic (exact) mass is 390 g/mol. The number of anilines is 1. The number of halogens is 2. The van der Waals surface area contributed by atoms with Gasteiger partial charge in [-0.15, -0.1) is 0 Å². The summed E-state index contributed by atoms with van der Waals surface area (Å²) in [5, 5.41) is 17.4. The predicted molar refractivity (Wildman–Crippen MR) is 95.8 cm³/mol. The van der Waals surface area contributed by atoms with Crippen molar-refractivity contribution in [2.45, 2.75) is 6.54 Å². The summed E-state index contributed by atoms with van der Waals surface area (Å²) in [5.41, 5.74) is 0.686. The van der Waals surface area contributed by atoms with E-state index in [9.17, 15) is 19.3 Å². The van der Waals surface area contributed by atoms with Crippen molar-refractivity contribution in [3.8, 4) is 0 Å². The first-order valence-electron chi connectivity index (χ1n) is 7.61. The lowest BCUT2D eigenvalue weighted by molar-refractivity contribution is -0.402. The van der Waals surface area contributed by atoms with Crippen LogP contribution >= 0.6 is 11.6 Å². The van der Waals surface area contributed by atoms with Crippen LogP contribution in [0.15, 0.2) is 53.1 Å². The molecule has 8 nitrogen and oxygen atoms in total. The van der Waals surface area contributed by atoms with Crippen LogP contribution in [0.4, 0.5) is 16.1 Å². The molecule has 0 radical (unpaired) electrons. The fourth-order valence-electron chi connectivity index (χ4n) is 2.23. The minimum atomic E-state index is -0.678. The average molecular weight is 391 g/mol. The van der Waals surface area contributed by atoms with E-state index in [4.69, 9.17) is 16.0 Å². The van der Waals surface area contributed by atoms with Crippen LogP contribution in [-0.2, 0) is 11.3 Å². The van der Waals surface area contributed by atoms with Gasteiger partial charge in [-0.3, -0.25) is 19.6 Å². The van der Waals surface area contributed by atoms with E-state index >= 15 is 0 Å². The molecule has 0 unspecified atom stereocenters. The summed E-state index contributed by atoms with van der Waals surface area (Å²) < 4.78 is 19.6. The lowest BCUT2D eigenvalue weighted by Gasteiger charge is -2.02. The number of carbonyl (C=O) groups excluding carboxylic acids is 1. The van der Waals surface area contributed by atoms with E-state index in [-0.39, 0.29) is 29.0 Å². The number of aromatic nitrogens is 2. The molecule has 1 N–H and O–H groups in total. The second kappa shape index (κ2) is 7.83. The molecule has 0 aliphatic carbocycles. The van der Waals surface area contributed by atoms with Crippen molar-refractivity contribution < 1.29 is 18.5 Å². The van der Waals surface area contributed by atoms with Gasteiger partial charge in [0.05, 0.1) is 12.6 Å². The zero-order valence-corrected chi connectivity index (χ0v) is 14.4. The van der Waals surface area contributed by atoms with Crippen molar-refractivity contribution in [2.24, 2.45) is 0 Å². The van der Waals surface area contributed by atoms with Gasteiger partial charge in [0.25, 0.3) is 0 Å². The van der Waals surface area contributed by atoms with Crippen molar-refractivity contribution >= 4 is 35.3 Å². The molecule has 10 heteroatoms. The van der Waals surface area contributed by atoms with E-state index in [2.05, 4.69) is 10.4 Å². The number of rotatable bonds is 6. The van der Waals surface area contributed by atoms with Gasteiger partial charge >= 0.3 is 5.88 Å². The number of nitrogens with zero attached hydrogens (tertiary/aromatic N) is 3. The van der Waals surface area contributed by atoms with Crippen LogP contribution in [0.1, 0.15) is 11.3 Å². The maximum atomic E-state index is 13.2. The van der Waals surface area contributed by atoms with Crippen LogP contribution in [0, 0.1) is 15.9 Å². The highest BCUT2D eigenvalue weighted by molar-refractivity contribution is 6.33. The number of furan rings is 1. The maximum absolute atomic E-state index is 13.2. The van der Waals surface area contributed by atoms with E-state index in [1.807, 2.05) is 0 Å². The van der Waals surface area contributed by atoms with Crippen molar-refractivity contribution in [2.75, 3.05) is 5.32 Å². The topological polar surface area (TPSA) is 103 Å². The quantitative estimate of drug-likeness (QED) is 0.391. The Morgan fingerprint density at radius 2 is 2.22 bits per heavy atom. The summed E-state index contributed by atoms with van der Waals surface area (Å²) in [5.74, 6) is -1.04. The van der Waals surface area contributed by atoms with Crippen LogP contribution in [0.25, 0.3) is 6.08 Å². The molecule has 0 spiro atoms. The first-order valence-corrected chi connectivity index (χ1v) is 7.99. The Morgan fingerprint density at radius 3 is 2.93 bits per heavy atom. The molecule has 2 heterocycles. The predicted octanol–water partition coefficient (Wildman–Crippen LogP) is 3.88. The standard InChI is InChI=1S/C17H12ClFN4O4/c18-14-10-22(9-11-2-1-3-12(19)8-11)21-17(14)20-15(24)6-4-13-5-7-16(27-13)23(25)26/h1-8,10H,9H2,(H,20,21,24)/b6-4+. The molecule has 0 fully saturated rings. The second-order valence-corrected chi connectivity index (χ2v) is 5.82. The second-order valence-electron chi connectivity index (χ2n) is 5.41. The molecule has 27 heavy (non-hydrogen) atoms. The van der Waals surface area contributed by atoms with E-state index in [0.717, 1.165) is 6.08 Å².